The van der Waals surface area contributed by atoms with E-state index in [9.17, 15) is 0 Å². The van der Waals surface area contributed by atoms with Crippen molar-refractivity contribution in [2.75, 3.05) is 12.3 Å². The van der Waals surface area contributed by atoms with Crippen LogP contribution >= 0.6 is 0 Å². The molecule has 0 saturated heterocycles. The van der Waals surface area contributed by atoms with E-state index in [-0.39, 0.29) is 0 Å². The Morgan fingerprint density at radius 1 is 1.05 bits per heavy atom. The largest absolute Gasteiger partial charge is 0.493 e. The van der Waals surface area contributed by atoms with E-state index in [0.717, 1.165) is 28.5 Å². The molecule has 2 aromatic rings. The Morgan fingerprint density at radius 3 is 2.50 bits per heavy atom. The van der Waals surface area contributed by atoms with Crippen molar-refractivity contribution in [1.29, 1.82) is 0 Å². The molecule has 2 aromatic carbocycles. The molecule has 0 spiro atoms. The normalized spacial score (nSPS) is 10.6. The number of hydrogen-bond donors (Lipinski definition) is 1. The molecule has 106 valence electrons. The summed E-state index contributed by atoms with van der Waals surface area (Å²) in [6.07, 6.45) is 0. The van der Waals surface area contributed by atoms with Gasteiger partial charge in [-0.15, -0.1) is 0 Å². The van der Waals surface area contributed by atoms with Crippen molar-refractivity contribution in [3.63, 3.8) is 0 Å². The van der Waals surface area contributed by atoms with Crippen molar-refractivity contribution in [1.82, 2.24) is 0 Å². The number of aryl methyl sites for hydroxylation is 1. The third-order valence-electron chi connectivity index (χ3n) is 2.82. The van der Waals surface area contributed by atoms with Crippen molar-refractivity contribution in [2.24, 2.45) is 5.92 Å². The molecule has 0 aliphatic heterocycles. The molecule has 0 amide bonds. The number of nitrogen functional groups attached to an aromatic ring is 1. The smallest absolute Gasteiger partial charge is 0.131 e. The predicted octanol–water partition coefficient (Wildman–Crippen LogP) is 4.40. The number of nitrogens with two attached hydrogens (primary N) is 1. The Hall–Kier alpha value is -2.16. The highest BCUT2D eigenvalue weighted by Gasteiger charge is 2.04. The average molecular weight is 271 g/mol. The Morgan fingerprint density at radius 2 is 1.80 bits per heavy atom. The van der Waals surface area contributed by atoms with Crippen molar-refractivity contribution < 1.29 is 9.47 Å². The van der Waals surface area contributed by atoms with Gasteiger partial charge in [-0.2, -0.15) is 0 Å². The summed E-state index contributed by atoms with van der Waals surface area (Å²) < 4.78 is 11.6. The van der Waals surface area contributed by atoms with Gasteiger partial charge in [0.25, 0.3) is 0 Å². The second-order valence-electron chi connectivity index (χ2n) is 5.31. The van der Waals surface area contributed by atoms with E-state index >= 15 is 0 Å². The minimum Gasteiger partial charge on any atom is -0.493 e. The van der Waals surface area contributed by atoms with Crippen LogP contribution in [0, 0.1) is 12.8 Å². The zero-order valence-corrected chi connectivity index (χ0v) is 12.2. The summed E-state index contributed by atoms with van der Waals surface area (Å²) >= 11 is 0. The van der Waals surface area contributed by atoms with Crippen molar-refractivity contribution >= 4 is 5.69 Å². The van der Waals surface area contributed by atoms with E-state index < -0.39 is 0 Å². The molecule has 0 aromatic heterocycles. The molecule has 0 aliphatic rings. The summed E-state index contributed by atoms with van der Waals surface area (Å²) in [6.45, 7) is 6.92. The standard InChI is InChI=1S/C17H21NO2/c1-12(2)11-19-15-5-4-6-16(10-15)20-17-8-7-14(18)9-13(17)3/h4-10,12H,11,18H2,1-3H3. The molecule has 0 aliphatic carbocycles. The maximum atomic E-state index is 5.88. The van der Waals surface area contributed by atoms with Gasteiger partial charge in [0, 0.05) is 11.8 Å². The van der Waals surface area contributed by atoms with Gasteiger partial charge >= 0.3 is 0 Å². The van der Waals surface area contributed by atoms with Crippen LogP contribution in [-0.4, -0.2) is 6.61 Å². The van der Waals surface area contributed by atoms with Gasteiger partial charge < -0.3 is 15.2 Å². The minimum atomic E-state index is 0.499. The van der Waals surface area contributed by atoms with Gasteiger partial charge in [-0.1, -0.05) is 19.9 Å². The monoisotopic (exact) mass is 271 g/mol. The molecule has 0 radical (unpaired) electrons. The molecule has 3 heteroatoms. The van der Waals surface area contributed by atoms with Crippen LogP contribution in [0.5, 0.6) is 17.2 Å². The maximum Gasteiger partial charge on any atom is 0.131 e. The number of benzene rings is 2. The van der Waals surface area contributed by atoms with E-state index in [4.69, 9.17) is 15.2 Å². The average Bonchev–Trinajstić information content (AvgIpc) is 2.40. The second-order valence-corrected chi connectivity index (χ2v) is 5.31. The van der Waals surface area contributed by atoms with Gasteiger partial charge in [-0.3, -0.25) is 0 Å². The van der Waals surface area contributed by atoms with E-state index in [2.05, 4.69) is 13.8 Å². The molecule has 2 N–H and O–H groups in total. The van der Waals surface area contributed by atoms with Crippen LogP contribution in [0.4, 0.5) is 5.69 Å². The van der Waals surface area contributed by atoms with Crippen LogP contribution in [0.15, 0.2) is 42.5 Å². The van der Waals surface area contributed by atoms with Crippen LogP contribution in [0.1, 0.15) is 19.4 Å². The fourth-order valence-electron chi connectivity index (χ4n) is 1.80. The van der Waals surface area contributed by atoms with Crippen molar-refractivity contribution in [3.05, 3.63) is 48.0 Å². The molecule has 0 saturated carbocycles. The third-order valence-corrected chi connectivity index (χ3v) is 2.82. The number of hydrogen-bond acceptors (Lipinski definition) is 3. The molecular formula is C17H21NO2. The molecular weight excluding hydrogens is 250 g/mol. The number of anilines is 1. The summed E-state index contributed by atoms with van der Waals surface area (Å²) in [4.78, 5) is 0. The number of rotatable bonds is 5. The first-order valence-electron chi connectivity index (χ1n) is 6.81. The second kappa shape index (κ2) is 6.33. The number of ether oxygens (including phenoxy) is 2. The van der Waals surface area contributed by atoms with Crippen LogP contribution < -0.4 is 15.2 Å². The van der Waals surface area contributed by atoms with Crippen molar-refractivity contribution in [2.45, 2.75) is 20.8 Å². The first kappa shape index (κ1) is 14.3. The van der Waals surface area contributed by atoms with Crippen molar-refractivity contribution in [3.8, 4) is 17.2 Å². The molecule has 0 atom stereocenters. The molecule has 0 unspecified atom stereocenters. The zero-order chi connectivity index (χ0) is 14.5. The highest BCUT2D eigenvalue weighted by Crippen LogP contribution is 2.28. The van der Waals surface area contributed by atoms with Crippen LogP contribution in [0.3, 0.4) is 0 Å². The fraction of sp³-hybridized carbons (Fsp3) is 0.294. The lowest BCUT2D eigenvalue weighted by Gasteiger charge is -2.12. The van der Waals surface area contributed by atoms with E-state index in [1.54, 1.807) is 0 Å². The van der Waals surface area contributed by atoms with Crippen LogP contribution in [-0.2, 0) is 0 Å². The van der Waals surface area contributed by atoms with Gasteiger partial charge in [0.15, 0.2) is 0 Å². The highest BCUT2D eigenvalue weighted by atomic mass is 16.5. The van der Waals surface area contributed by atoms with Gasteiger partial charge in [-0.05, 0) is 48.7 Å². The van der Waals surface area contributed by atoms with E-state index in [0.29, 0.717) is 12.5 Å². The van der Waals surface area contributed by atoms with Gasteiger partial charge in [-0.25, -0.2) is 0 Å². The van der Waals surface area contributed by atoms with E-state index in [1.165, 1.54) is 0 Å². The Bertz CT molecular complexity index is 579. The summed E-state index contributed by atoms with van der Waals surface area (Å²) in [6, 6.07) is 13.3. The van der Waals surface area contributed by atoms with Gasteiger partial charge in [0.2, 0.25) is 0 Å². The van der Waals surface area contributed by atoms with Gasteiger partial charge in [0.1, 0.15) is 17.2 Å². The molecule has 2 rings (SSSR count). The predicted molar refractivity (Wildman–Crippen MR) is 82.4 cm³/mol. The first-order chi connectivity index (χ1) is 9.54. The Labute approximate surface area is 120 Å². The van der Waals surface area contributed by atoms with Gasteiger partial charge in [0.05, 0.1) is 6.61 Å². The Balaban J connectivity index is 2.11. The SMILES string of the molecule is Cc1cc(N)ccc1Oc1cccc(OCC(C)C)c1. The first-order valence-corrected chi connectivity index (χ1v) is 6.81. The molecule has 20 heavy (non-hydrogen) atoms. The zero-order valence-electron chi connectivity index (χ0n) is 12.2. The summed E-state index contributed by atoms with van der Waals surface area (Å²) in [5, 5.41) is 0. The quantitative estimate of drug-likeness (QED) is 0.819. The lowest BCUT2D eigenvalue weighted by Crippen LogP contribution is -2.04. The summed E-state index contributed by atoms with van der Waals surface area (Å²) in [7, 11) is 0. The van der Waals surface area contributed by atoms with Crippen LogP contribution in [0.2, 0.25) is 0 Å². The molecule has 3 nitrogen and oxygen atoms in total. The third kappa shape index (κ3) is 3.92. The highest BCUT2D eigenvalue weighted by molar-refractivity contribution is 5.48. The fourth-order valence-corrected chi connectivity index (χ4v) is 1.80. The maximum absolute atomic E-state index is 5.88. The topological polar surface area (TPSA) is 44.5 Å². The van der Waals surface area contributed by atoms with Crippen LogP contribution in [0.25, 0.3) is 0 Å². The summed E-state index contributed by atoms with van der Waals surface area (Å²) in [5.74, 6) is 2.89. The molecule has 0 heterocycles. The van der Waals surface area contributed by atoms with E-state index in [1.807, 2.05) is 49.4 Å². The Kier molecular flexibility index (Phi) is 4.51. The lowest BCUT2D eigenvalue weighted by atomic mass is 10.2. The lowest BCUT2D eigenvalue weighted by molar-refractivity contribution is 0.270. The minimum absolute atomic E-state index is 0.499. The molecule has 0 fully saturated rings. The molecule has 0 bridgehead atoms. The summed E-state index contributed by atoms with van der Waals surface area (Å²) in [5.41, 5.74) is 7.49.